The van der Waals surface area contributed by atoms with E-state index in [9.17, 15) is 9.90 Å². The monoisotopic (exact) mass is 305 g/mol. The SMILES string of the molecule is COC[C@H]1CCN2/C1=C\C1(C)CCC(C)=C1[C@@H](O)C(=O)C2C. The summed E-state index contributed by atoms with van der Waals surface area (Å²) >= 11 is 0. The molecule has 0 aromatic rings. The second-order valence-corrected chi connectivity index (χ2v) is 7.30. The fourth-order valence-corrected chi connectivity index (χ4v) is 4.54. The molecule has 0 radical (unpaired) electrons. The van der Waals surface area contributed by atoms with Crippen molar-refractivity contribution < 1.29 is 14.6 Å². The van der Waals surface area contributed by atoms with Crippen LogP contribution in [0.5, 0.6) is 0 Å². The Hall–Kier alpha value is -1.13. The number of aliphatic hydroxyl groups is 1. The number of ether oxygens (including phenoxy) is 1. The van der Waals surface area contributed by atoms with Crippen LogP contribution in [0.1, 0.15) is 40.0 Å². The standard InChI is InChI=1S/C18H27NO3/c1-11-5-7-18(3)9-14-13(10-22-4)6-8-19(14)12(2)16(20)17(21)15(11)18/h9,12-13,17,21H,5-8,10H2,1-4H3/b14-9-/t12?,13-,17-,18?/m1/s1. The Morgan fingerprint density at radius 2 is 2.23 bits per heavy atom. The van der Waals surface area contributed by atoms with Crippen LogP contribution in [0.25, 0.3) is 0 Å². The van der Waals surface area contributed by atoms with Crippen LogP contribution in [0.2, 0.25) is 0 Å². The number of allylic oxidation sites excluding steroid dienone is 2. The van der Waals surface area contributed by atoms with Gasteiger partial charge in [0.15, 0.2) is 5.78 Å². The predicted molar refractivity (Wildman–Crippen MR) is 85.3 cm³/mol. The number of hydrogen-bond donors (Lipinski definition) is 1. The second kappa shape index (κ2) is 5.50. The Morgan fingerprint density at radius 3 is 2.91 bits per heavy atom. The molecule has 0 spiro atoms. The Kier molecular flexibility index (Phi) is 3.94. The van der Waals surface area contributed by atoms with Crippen molar-refractivity contribution in [2.75, 3.05) is 20.3 Å². The van der Waals surface area contributed by atoms with Gasteiger partial charge in [0, 0.05) is 30.7 Å². The zero-order chi connectivity index (χ0) is 16.1. The maximum absolute atomic E-state index is 12.8. The van der Waals surface area contributed by atoms with Crippen molar-refractivity contribution in [2.45, 2.75) is 52.2 Å². The molecule has 4 atom stereocenters. The van der Waals surface area contributed by atoms with Gasteiger partial charge in [0.2, 0.25) is 0 Å². The maximum Gasteiger partial charge on any atom is 0.187 e. The molecule has 2 aliphatic heterocycles. The Morgan fingerprint density at radius 1 is 1.50 bits per heavy atom. The van der Waals surface area contributed by atoms with Crippen LogP contribution in [0.4, 0.5) is 0 Å². The Bertz CT molecular complexity index is 551. The van der Waals surface area contributed by atoms with Crippen LogP contribution in [0, 0.1) is 11.3 Å². The van der Waals surface area contributed by atoms with Crippen molar-refractivity contribution in [1.29, 1.82) is 0 Å². The summed E-state index contributed by atoms with van der Waals surface area (Å²) in [5, 5.41) is 10.7. The first-order valence-corrected chi connectivity index (χ1v) is 8.29. The van der Waals surface area contributed by atoms with Gasteiger partial charge in [0.25, 0.3) is 0 Å². The van der Waals surface area contributed by atoms with Crippen LogP contribution in [-0.2, 0) is 9.53 Å². The van der Waals surface area contributed by atoms with Gasteiger partial charge in [-0.05, 0) is 38.7 Å². The molecule has 0 aromatic heterocycles. The number of fused-ring (bicyclic) bond motifs is 2. The molecule has 2 heterocycles. The summed E-state index contributed by atoms with van der Waals surface area (Å²) in [4.78, 5) is 14.9. The molecule has 0 amide bonds. The summed E-state index contributed by atoms with van der Waals surface area (Å²) in [6.07, 6.45) is 4.32. The molecule has 0 saturated carbocycles. The number of methoxy groups -OCH3 is 1. The van der Waals surface area contributed by atoms with Crippen molar-refractivity contribution in [3.8, 4) is 0 Å². The van der Waals surface area contributed by atoms with E-state index in [1.807, 2.05) is 6.92 Å². The van der Waals surface area contributed by atoms with Gasteiger partial charge in [-0.15, -0.1) is 0 Å². The highest BCUT2D eigenvalue weighted by Gasteiger charge is 2.46. The topological polar surface area (TPSA) is 49.8 Å². The molecule has 122 valence electrons. The predicted octanol–water partition coefficient (Wildman–Crippen LogP) is 2.29. The first-order chi connectivity index (χ1) is 10.4. The zero-order valence-electron chi connectivity index (χ0n) is 14.1. The van der Waals surface area contributed by atoms with E-state index in [1.54, 1.807) is 7.11 Å². The Labute approximate surface area is 132 Å². The molecular weight excluding hydrogens is 278 g/mol. The van der Waals surface area contributed by atoms with E-state index in [0.717, 1.165) is 31.4 Å². The van der Waals surface area contributed by atoms with E-state index in [-0.39, 0.29) is 17.2 Å². The zero-order valence-corrected chi connectivity index (χ0v) is 14.1. The average Bonchev–Trinajstić information content (AvgIpc) is 2.99. The molecule has 3 rings (SSSR count). The molecular formula is C18H27NO3. The molecule has 1 aliphatic carbocycles. The smallest absolute Gasteiger partial charge is 0.187 e. The minimum absolute atomic E-state index is 0.0638. The van der Waals surface area contributed by atoms with Gasteiger partial charge >= 0.3 is 0 Å². The lowest BCUT2D eigenvalue weighted by Crippen LogP contribution is -2.46. The Balaban J connectivity index is 2.11. The third kappa shape index (κ3) is 2.24. The number of nitrogens with zero attached hydrogens (tertiary/aromatic N) is 1. The number of rotatable bonds is 2. The summed E-state index contributed by atoms with van der Waals surface area (Å²) < 4.78 is 5.38. The molecule has 1 fully saturated rings. The largest absolute Gasteiger partial charge is 0.384 e. The molecule has 2 unspecified atom stereocenters. The summed E-state index contributed by atoms with van der Waals surface area (Å²) in [7, 11) is 1.73. The van der Waals surface area contributed by atoms with E-state index >= 15 is 0 Å². The van der Waals surface area contributed by atoms with Gasteiger partial charge in [0.05, 0.1) is 12.6 Å². The summed E-state index contributed by atoms with van der Waals surface area (Å²) in [5.74, 6) is 0.292. The van der Waals surface area contributed by atoms with Crippen LogP contribution in [-0.4, -0.2) is 48.2 Å². The fourth-order valence-electron chi connectivity index (χ4n) is 4.54. The van der Waals surface area contributed by atoms with Gasteiger partial charge in [-0.25, -0.2) is 0 Å². The highest BCUT2D eigenvalue weighted by molar-refractivity contribution is 5.91. The van der Waals surface area contributed by atoms with Crippen molar-refractivity contribution in [2.24, 2.45) is 11.3 Å². The van der Waals surface area contributed by atoms with Gasteiger partial charge < -0.3 is 14.7 Å². The van der Waals surface area contributed by atoms with Crippen LogP contribution in [0.3, 0.4) is 0 Å². The minimum Gasteiger partial charge on any atom is -0.384 e. The lowest BCUT2D eigenvalue weighted by molar-refractivity contribution is -0.130. The summed E-state index contributed by atoms with van der Waals surface area (Å²) in [5.41, 5.74) is 3.16. The number of carbonyl (C=O) groups is 1. The quantitative estimate of drug-likeness (QED) is 0.795. The molecule has 3 aliphatic rings. The highest BCUT2D eigenvalue weighted by atomic mass is 16.5. The molecule has 22 heavy (non-hydrogen) atoms. The summed E-state index contributed by atoms with van der Waals surface area (Å²) in [6, 6.07) is -0.270. The van der Waals surface area contributed by atoms with Crippen molar-refractivity contribution in [3.63, 3.8) is 0 Å². The molecule has 1 N–H and O–H groups in total. The minimum atomic E-state index is -0.957. The first-order valence-electron chi connectivity index (χ1n) is 8.29. The summed E-state index contributed by atoms with van der Waals surface area (Å²) in [6.45, 7) is 7.70. The number of hydrogen-bond acceptors (Lipinski definition) is 4. The lowest BCUT2D eigenvalue weighted by atomic mass is 9.76. The third-order valence-electron chi connectivity index (χ3n) is 5.82. The number of Topliss-reactive ketones (excluding diaryl/α,β-unsaturated/α-hetero) is 1. The van der Waals surface area contributed by atoms with Crippen molar-refractivity contribution in [3.05, 3.63) is 22.9 Å². The van der Waals surface area contributed by atoms with Gasteiger partial charge in [0.1, 0.15) is 6.10 Å². The van der Waals surface area contributed by atoms with Crippen LogP contribution >= 0.6 is 0 Å². The maximum atomic E-state index is 12.8. The number of ketones is 1. The van der Waals surface area contributed by atoms with E-state index in [0.29, 0.717) is 12.5 Å². The van der Waals surface area contributed by atoms with Gasteiger partial charge in [-0.1, -0.05) is 18.6 Å². The molecule has 1 saturated heterocycles. The van der Waals surface area contributed by atoms with E-state index in [4.69, 9.17) is 4.74 Å². The molecule has 4 heteroatoms. The fraction of sp³-hybridized carbons (Fsp3) is 0.722. The van der Waals surface area contributed by atoms with Crippen molar-refractivity contribution >= 4 is 5.78 Å². The van der Waals surface area contributed by atoms with Crippen LogP contribution in [0.15, 0.2) is 22.9 Å². The van der Waals surface area contributed by atoms with E-state index in [2.05, 4.69) is 24.8 Å². The number of carbonyl (C=O) groups excluding carboxylic acids is 1. The third-order valence-corrected chi connectivity index (χ3v) is 5.82. The highest BCUT2D eigenvalue weighted by Crippen LogP contribution is 2.49. The number of aliphatic hydroxyl groups excluding tert-OH is 1. The molecule has 0 aromatic carbocycles. The van der Waals surface area contributed by atoms with E-state index < -0.39 is 6.10 Å². The lowest BCUT2D eigenvalue weighted by Gasteiger charge is -2.38. The van der Waals surface area contributed by atoms with Gasteiger partial charge in [-0.2, -0.15) is 0 Å². The molecule has 0 bridgehead atoms. The normalized spacial score (nSPS) is 41.0. The van der Waals surface area contributed by atoms with Gasteiger partial charge in [-0.3, -0.25) is 4.79 Å². The van der Waals surface area contributed by atoms with Crippen molar-refractivity contribution in [1.82, 2.24) is 4.90 Å². The van der Waals surface area contributed by atoms with E-state index in [1.165, 1.54) is 11.3 Å². The first kappa shape index (κ1) is 15.8. The second-order valence-electron chi connectivity index (χ2n) is 7.30. The molecule has 4 nitrogen and oxygen atoms in total. The average molecular weight is 305 g/mol. The van der Waals surface area contributed by atoms with Crippen LogP contribution < -0.4 is 0 Å².